The van der Waals surface area contributed by atoms with Crippen LogP contribution in [-0.4, -0.2) is 18.9 Å². The van der Waals surface area contributed by atoms with Gasteiger partial charge >= 0.3 is 0 Å². The van der Waals surface area contributed by atoms with Crippen LogP contribution in [0.4, 0.5) is 11.4 Å². The van der Waals surface area contributed by atoms with Gasteiger partial charge in [0.15, 0.2) is 0 Å². The van der Waals surface area contributed by atoms with Crippen molar-refractivity contribution in [1.29, 1.82) is 0 Å². The molecule has 3 aromatic rings. The topological polar surface area (TPSA) is 67.4 Å². The second-order valence-corrected chi connectivity index (χ2v) is 6.10. The Morgan fingerprint density at radius 1 is 0.815 bits per heavy atom. The first-order valence-corrected chi connectivity index (χ1v) is 8.56. The Bertz CT molecular complexity index is 971. The first kappa shape index (κ1) is 18.5. The highest BCUT2D eigenvalue weighted by Crippen LogP contribution is 2.19. The van der Waals surface area contributed by atoms with Crippen molar-refractivity contribution >= 4 is 34.8 Å². The molecule has 0 aliphatic rings. The number of nitrogens with one attached hydrogen (secondary N) is 2. The molecular formula is C21H17ClN2O3. The predicted octanol–water partition coefficient (Wildman–Crippen LogP) is 4.85. The van der Waals surface area contributed by atoms with Gasteiger partial charge in [0.1, 0.15) is 5.75 Å². The molecule has 0 bridgehead atoms. The van der Waals surface area contributed by atoms with Crippen molar-refractivity contribution in [3.05, 3.63) is 88.9 Å². The molecule has 2 amide bonds. The summed E-state index contributed by atoms with van der Waals surface area (Å²) in [5.74, 6) is 0.0656. The molecule has 0 saturated carbocycles. The monoisotopic (exact) mass is 380 g/mol. The largest absolute Gasteiger partial charge is 0.497 e. The SMILES string of the molecule is COc1cccc(C(=O)Nc2ccc(NC(=O)c3ccccc3Cl)cc2)c1. The molecule has 0 radical (unpaired) electrons. The predicted molar refractivity (Wildman–Crippen MR) is 107 cm³/mol. The molecule has 3 rings (SSSR count). The van der Waals surface area contributed by atoms with Gasteiger partial charge in [0.25, 0.3) is 11.8 Å². The van der Waals surface area contributed by atoms with Crippen molar-refractivity contribution in [2.24, 2.45) is 0 Å². The lowest BCUT2D eigenvalue weighted by Crippen LogP contribution is -2.13. The summed E-state index contributed by atoms with van der Waals surface area (Å²) in [6.45, 7) is 0. The Morgan fingerprint density at radius 3 is 2.07 bits per heavy atom. The quantitative estimate of drug-likeness (QED) is 0.664. The smallest absolute Gasteiger partial charge is 0.257 e. The van der Waals surface area contributed by atoms with Crippen molar-refractivity contribution < 1.29 is 14.3 Å². The normalized spacial score (nSPS) is 10.1. The molecule has 5 nitrogen and oxygen atoms in total. The summed E-state index contributed by atoms with van der Waals surface area (Å²) in [6, 6.07) is 20.5. The van der Waals surface area contributed by atoms with E-state index in [-0.39, 0.29) is 11.8 Å². The molecule has 136 valence electrons. The van der Waals surface area contributed by atoms with E-state index in [0.29, 0.717) is 33.3 Å². The second-order valence-electron chi connectivity index (χ2n) is 5.70. The Balaban J connectivity index is 1.65. The molecule has 0 fully saturated rings. The first-order valence-electron chi connectivity index (χ1n) is 8.18. The maximum atomic E-state index is 12.3. The van der Waals surface area contributed by atoms with Crippen molar-refractivity contribution in [3.8, 4) is 5.75 Å². The van der Waals surface area contributed by atoms with Crippen molar-refractivity contribution in [3.63, 3.8) is 0 Å². The molecule has 27 heavy (non-hydrogen) atoms. The van der Waals surface area contributed by atoms with Crippen LogP contribution in [0, 0.1) is 0 Å². The van der Waals surface area contributed by atoms with Gasteiger partial charge in [-0.25, -0.2) is 0 Å². The fourth-order valence-electron chi connectivity index (χ4n) is 2.45. The van der Waals surface area contributed by atoms with Gasteiger partial charge in [-0.1, -0.05) is 29.8 Å². The van der Waals surface area contributed by atoms with Gasteiger partial charge in [-0.15, -0.1) is 0 Å². The molecule has 0 spiro atoms. The Kier molecular flexibility index (Phi) is 5.74. The van der Waals surface area contributed by atoms with Crippen molar-refractivity contribution in [2.45, 2.75) is 0 Å². The number of hydrogen-bond donors (Lipinski definition) is 2. The van der Waals surface area contributed by atoms with Crippen LogP contribution in [0.1, 0.15) is 20.7 Å². The molecular weight excluding hydrogens is 364 g/mol. The Labute approximate surface area is 161 Å². The molecule has 2 N–H and O–H groups in total. The molecule has 0 aliphatic heterocycles. The van der Waals surface area contributed by atoms with E-state index in [1.165, 1.54) is 0 Å². The molecule has 0 atom stereocenters. The van der Waals surface area contributed by atoms with Gasteiger partial charge in [-0.05, 0) is 54.6 Å². The number of hydrogen-bond acceptors (Lipinski definition) is 3. The van der Waals surface area contributed by atoms with Crippen LogP contribution in [0.25, 0.3) is 0 Å². The third-order valence-electron chi connectivity index (χ3n) is 3.85. The van der Waals surface area contributed by atoms with Gasteiger partial charge in [0.2, 0.25) is 0 Å². The van der Waals surface area contributed by atoms with E-state index in [0.717, 1.165) is 0 Å². The maximum absolute atomic E-state index is 12.3. The Hall–Kier alpha value is -3.31. The summed E-state index contributed by atoms with van der Waals surface area (Å²) in [5, 5.41) is 5.96. The van der Waals surface area contributed by atoms with Crippen LogP contribution >= 0.6 is 11.6 Å². The highest BCUT2D eigenvalue weighted by atomic mass is 35.5. The summed E-state index contributed by atoms with van der Waals surface area (Å²) in [7, 11) is 1.55. The van der Waals surface area contributed by atoms with E-state index < -0.39 is 0 Å². The minimum Gasteiger partial charge on any atom is -0.497 e. The molecule has 0 heterocycles. The summed E-state index contributed by atoms with van der Waals surface area (Å²) < 4.78 is 5.12. The number of amides is 2. The minimum atomic E-state index is -0.297. The van der Waals surface area contributed by atoms with E-state index >= 15 is 0 Å². The van der Waals surface area contributed by atoms with E-state index in [1.54, 1.807) is 79.9 Å². The van der Waals surface area contributed by atoms with Gasteiger partial charge in [0, 0.05) is 16.9 Å². The minimum absolute atomic E-state index is 0.248. The zero-order chi connectivity index (χ0) is 19.2. The van der Waals surface area contributed by atoms with Gasteiger partial charge < -0.3 is 15.4 Å². The second kappa shape index (κ2) is 8.38. The van der Waals surface area contributed by atoms with E-state index in [1.807, 2.05) is 0 Å². The molecule has 0 aliphatic carbocycles. The summed E-state index contributed by atoms with van der Waals surface area (Å²) in [6.07, 6.45) is 0. The Morgan fingerprint density at radius 2 is 1.44 bits per heavy atom. The summed E-state index contributed by atoms with van der Waals surface area (Å²) in [4.78, 5) is 24.6. The maximum Gasteiger partial charge on any atom is 0.257 e. The first-order chi connectivity index (χ1) is 13.1. The number of methoxy groups -OCH3 is 1. The lowest BCUT2D eigenvalue weighted by molar-refractivity contribution is 0.101. The van der Waals surface area contributed by atoms with Gasteiger partial charge in [0.05, 0.1) is 17.7 Å². The average molecular weight is 381 g/mol. The van der Waals surface area contributed by atoms with Crippen LogP contribution < -0.4 is 15.4 Å². The molecule has 0 unspecified atom stereocenters. The van der Waals surface area contributed by atoms with Crippen LogP contribution in [0.5, 0.6) is 5.75 Å². The number of ether oxygens (including phenoxy) is 1. The summed E-state index contributed by atoms with van der Waals surface area (Å²) >= 11 is 6.03. The molecule has 6 heteroatoms. The highest BCUT2D eigenvalue weighted by Gasteiger charge is 2.10. The van der Waals surface area contributed by atoms with E-state index in [2.05, 4.69) is 10.6 Å². The highest BCUT2D eigenvalue weighted by molar-refractivity contribution is 6.34. The van der Waals surface area contributed by atoms with Crippen LogP contribution in [-0.2, 0) is 0 Å². The fourth-order valence-corrected chi connectivity index (χ4v) is 2.67. The molecule has 0 saturated heterocycles. The number of carbonyl (C=O) groups excluding carboxylic acids is 2. The van der Waals surface area contributed by atoms with Crippen molar-refractivity contribution in [1.82, 2.24) is 0 Å². The standard InChI is InChI=1S/C21H17ClN2O3/c1-27-17-6-4-5-14(13-17)20(25)23-15-9-11-16(12-10-15)24-21(26)18-7-2-3-8-19(18)22/h2-13H,1H3,(H,23,25)(H,24,26). The van der Waals surface area contributed by atoms with E-state index in [4.69, 9.17) is 16.3 Å². The zero-order valence-corrected chi connectivity index (χ0v) is 15.3. The molecule has 3 aromatic carbocycles. The van der Waals surface area contributed by atoms with Crippen molar-refractivity contribution in [2.75, 3.05) is 17.7 Å². The third-order valence-corrected chi connectivity index (χ3v) is 4.18. The lowest BCUT2D eigenvalue weighted by Gasteiger charge is -2.09. The summed E-state index contributed by atoms with van der Waals surface area (Å²) in [5.41, 5.74) is 2.10. The van der Waals surface area contributed by atoms with Gasteiger partial charge in [-0.3, -0.25) is 9.59 Å². The number of anilines is 2. The van der Waals surface area contributed by atoms with Crippen LogP contribution in [0.15, 0.2) is 72.8 Å². The molecule has 0 aromatic heterocycles. The van der Waals surface area contributed by atoms with Gasteiger partial charge in [-0.2, -0.15) is 0 Å². The fraction of sp³-hybridized carbons (Fsp3) is 0.0476. The zero-order valence-electron chi connectivity index (χ0n) is 14.5. The van der Waals surface area contributed by atoms with Crippen LogP contribution in [0.3, 0.4) is 0 Å². The number of carbonyl (C=O) groups is 2. The van der Waals surface area contributed by atoms with Crippen LogP contribution in [0.2, 0.25) is 5.02 Å². The number of rotatable bonds is 5. The third kappa shape index (κ3) is 4.65. The van der Waals surface area contributed by atoms with E-state index in [9.17, 15) is 9.59 Å². The number of benzene rings is 3. The lowest BCUT2D eigenvalue weighted by atomic mass is 10.2. The average Bonchev–Trinajstić information content (AvgIpc) is 2.69. The number of halogens is 1.